The van der Waals surface area contributed by atoms with E-state index in [9.17, 15) is 0 Å². The predicted molar refractivity (Wildman–Crippen MR) is 118 cm³/mol. The van der Waals surface area contributed by atoms with E-state index in [2.05, 4.69) is 53.2 Å². The third kappa shape index (κ3) is 6.09. The minimum atomic E-state index is 0. The first-order valence-corrected chi connectivity index (χ1v) is 9.66. The summed E-state index contributed by atoms with van der Waals surface area (Å²) in [5.74, 6) is 1.62. The van der Waals surface area contributed by atoms with Gasteiger partial charge in [-0.3, -0.25) is 9.89 Å². The molecule has 5 nitrogen and oxygen atoms in total. The summed E-state index contributed by atoms with van der Waals surface area (Å²) in [7, 11) is 0. The summed E-state index contributed by atoms with van der Waals surface area (Å²) in [6.45, 7) is 13.2. The molecule has 0 aliphatic carbocycles. The fourth-order valence-electron chi connectivity index (χ4n) is 3.63. The van der Waals surface area contributed by atoms with Crippen LogP contribution in [0.5, 0.6) is 0 Å². The van der Waals surface area contributed by atoms with Crippen LogP contribution in [0.1, 0.15) is 25.0 Å². The highest BCUT2D eigenvalue weighted by atomic mass is 127. The molecule has 3 rings (SSSR count). The molecule has 1 saturated heterocycles. The van der Waals surface area contributed by atoms with Gasteiger partial charge in [0, 0.05) is 45.8 Å². The first kappa shape index (κ1) is 21.4. The zero-order valence-electron chi connectivity index (χ0n) is 16.1. The van der Waals surface area contributed by atoms with E-state index in [-0.39, 0.29) is 24.0 Å². The summed E-state index contributed by atoms with van der Waals surface area (Å²) in [6.07, 6.45) is 1.10. The molecule has 1 aromatic rings. The molecule has 0 radical (unpaired) electrons. The lowest BCUT2D eigenvalue weighted by molar-refractivity contribution is 0.0323. The molecule has 2 heterocycles. The Hall–Kier alpha value is -0.860. The van der Waals surface area contributed by atoms with Crippen LogP contribution < -0.4 is 5.32 Å². The molecule has 26 heavy (non-hydrogen) atoms. The maximum atomic E-state index is 5.43. The summed E-state index contributed by atoms with van der Waals surface area (Å²) < 4.78 is 5.43. The number of fused-ring (bicyclic) bond motifs is 1. The van der Waals surface area contributed by atoms with Crippen LogP contribution in [0.15, 0.2) is 29.3 Å². The summed E-state index contributed by atoms with van der Waals surface area (Å²) in [4.78, 5) is 9.84. The molecule has 0 amide bonds. The molecule has 2 aliphatic rings. The summed E-state index contributed by atoms with van der Waals surface area (Å²) in [5.41, 5.74) is 2.91. The van der Waals surface area contributed by atoms with Gasteiger partial charge < -0.3 is 15.0 Å². The van der Waals surface area contributed by atoms with Crippen LogP contribution in [0.4, 0.5) is 0 Å². The Labute approximate surface area is 175 Å². The number of aliphatic imine (C=N–C) groups is 1. The smallest absolute Gasteiger partial charge is 0.194 e. The topological polar surface area (TPSA) is 40.1 Å². The van der Waals surface area contributed by atoms with Gasteiger partial charge in [-0.2, -0.15) is 0 Å². The minimum Gasteiger partial charge on any atom is -0.379 e. The van der Waals surface area contributed by atoms with E-state index in [1.807, 2.05) is 0 Å². The fourth-order valence-corrected chi connectivity index (χ4v) is 3.63. The van der Waals surface area contributed by atoms with Crippen molar-refractivity contribution in [3.8, 4) is 0 Å². The van der Waals surface area contributed by atoms with Crippen molar-refractivity contribution in [3.63, 3.8) is 0 Å². The standard InChI is InChI=1S/C20H32N4O.HI/c1-3-21-20(22-14-17(2)15-23-10-12-25-13-11-23)24-9-8-18-6-4-5-7-19(18)16-24;/h4-7,17H,3,8-16H2,1-2H3,(H,21,22);1H. The second-order valence-electron chi connectivity index (χ2n) is 7.15. The Morgan fingerprint density at radius 3 is 2.65 bits per heavy atom. The Morgan fingerprint density at radius 1 is 1.19 bits per heavy atom. The molecule has 146 valence electrons. The van der Waals surface area contributed by atoms with Gasteiger partial charge in [-0.15, -0.1) is 24.0 Å². The van der Waals surface area contributed by atoms with Crippen LogP contribution in [-0.4, -0.2) is 68.2 Å². The van der Waals surface area contributed by atoms with Gasteiger partial charge in [0.1, 0.15) is 0 Å². The van der Waals surface area contributed by atoms with Gasteiger partial charge >= 0.3 is 0 Å². The number of hydrogen-bond donors (Lipinski definition) is 1. The lowest BCUT2D eigenvalue weighted by atomic mass is 10.0. The van der Waals surface area contributed by atoms with Crippen molar-refractivity contribution in [1.29, 1.82) is 0 Å². The number of rotatable bonds is 5. The Balaban J connectivity index is 0.00000243. The maximum Gasteiger partial charge on any atom is 0.194 e. The van der Waals surface area contributed by atoms with Crippen LogP contribution in [0.25, 0.3) is 0 Å². The lowest BCUT2D eigenvalue weighted by Crippen LogP contribution is -2.44. The highest BCUT2D eigenvalue weighted by Gasteiger charge is 2.19. The Kier molecular flexibility index (Phi) is 9.15. The van der Waals surface area contributed by atoms with Crippen LogP contribution >= 0.6 is 24.0 Å². The quantitative estimate of drug-likeness (QED) is 0.407. The van der Waals surface area contributed by atoms with Crippen LogP contribution in [-0.2, 0) is 17.7 Å². The van der Waals surface area contributed by atoms with E-state index in [0.717, 1.165) is 71.4 Å². The van der Waals surface area contributed by atoms with Gasteiger partial charge in [0.2, 0.25) is 0 Å². The number of ether oxygens (including phenoxy) is 1. The van der Waals surface area contributed by atoms with Crippen molar-refractivity contribution >= 4 is 29.9 Å². The third-order valence-corrected chi connectivity index (χ3v) is 4.99. The largest absolute Gasteiger partial charge is 0.379 e. The molecule has 0 saturated carbocycles. The van der Waals surface area contributed by atoms with Crippen molar-refractivity contribution in [1.82, 2.24) is 15.1 Å². The fraction of sp³-hybridized carbons (Fsp3) is 0.650. The van der Waals surface area contributed by atoms with Crippen molar-refractivity contribution in [2.24, 2.45) is 10.9 Å². The van der Waals surface area contributed by atoms with Crippen LogP contribution in [0.2, 0.25) is 0 Å². The molecule has 1 unspecified atom stereocenters. The zero-order chi connectivity index (χ0) is 17.5. The normalized spacial score (nSPS) is 19.5. The minimum absolute atomic E-state index is 0. The molecular weight excluding hydrogens is 439 g/mol. The highest BCUT2D eigenvalue weighted by molar-refractivity contribution is 14.0. The first-order chi connectivity index (χ1) is 12.3. The Morgan fingerprint density at radius 2 is 1.92 bits per heavy atom. The zero-order valence-corrected chi connectivity index (χ0v) is 18.4. The first-order valence-electron chi connectivity index (χ1n) is 9.66. The van der Waals surface area contributed by atoms with E-state index in [4.69, 9.17) is 9.73 Å². The molecule has 0 bridgehead atoms. The average Bonchev–Trinajstić information content (AvgIpc) is 2.65. The van der Waals surface area contributed by atoms with Gasteiger partial charge in [0.25, 0.3) is 0 Å². The van der Waals surface area contributed by atoms with Gasteiger partial charge in [-0.05, 0) is 30.4 Å². The predicted octanol–water partition coefficient (Wildman–Crippen LogP) is 2.60. The van der Waals surface area contributed by atoms with Crippen molar-refractivity contribution < 1.29 is 4.74 Å². The van der Waals surface area contributed by atoms with E-state index in [1.165, 1.54) is 11.1 Å². The number of guanidine groups is 1. The van der Waals surface area contributed by atoms with Gasteiger partial charge in [-0.1, -0.05) is 31.2 Å². The number of nitrogens with one attached hydrogen (secondary N) is 1. The third-order valence-electron chi connectivity index (χ3n) is 4.99. The van der Waals surface area contributed by atoms with E-state index in [1.54, 1.807) is 0 Å². The number of halogens is 1. The monoisotopic (exact) mass is 472 g/mol. The SMILES string of the molecule is CCNC(=NCC(C)CN1CCOCC1)N1CCc2ccccc2C1.I. The molecule has 1 atom stereocenters. The van der Waals surface area contributed by atoms with Crippen molar-refractivity contribution in [3.05, 3.63) is 35.4 Å². The number of hydrogen-bond acceptors (Lipinski definition) is 3. The lowest BCUT2D eigenvalue weighted by Gasteiger charge is -2.32. The summed E-state index contributed by atoms with van der Waals surface area (Å²) in [6, 6.07) is 8.77. The van der Waals surface area contributed by atoms with Crippen molar-refractivity contribution in [2.45, 2.75) is 26.8 Å². The molecule has 1 N–H and O–H groups in total. The van der Waals surface area contributed by atoms with Gasteiger partial charge in [0.05, 0.1) is 13.2 Å². The van der Waals surface area contributed by atoms with Gasteiger partial charge in [0.15, 0.2) is 5.96 Å². The second kappa shape index (κ2) is 11.1. The number of benzene rings is 1. The van der Waals surface area contributed by atoms with E-state index >= 15 is 0 Å². The van der Waals surface area contributed by atoms with Crippen molar-refractivity contribution in [2.75, 3.05) is 52.5 Å². The highest BCUT2D eigenvalue weighted by Crippen LogP contribution is 2.18. The number of morpholine rings is 1. The summed E-state index contributed by atoms with van der Waals surface area (Å²) >= 11 is 0. The van der Waals surface area contributed by atoms with E-state index in [0.29, 0.717) is 5.92 Å². The van der Waals surface area contributed by atoms with E-state index < -0.39 is 0 Å². The molecule has 2 aliphatic heterocycles. The molecule has 0 aromatic heterocycles. The van der Waals surface area contributed by atoms with Gasteiger partial charge in [-0.25, -0.2) is 0 Å². The summed E-state index contributed by atoms with van der Waals surface area (Å²) in [5, 5.41) is 3.48. The molecule has 1 aromatic carbocycles. The molecule has 0 spiro atoms. The average molecular weight is 472 g/mol. The van der Waals surface area contributed by atoms with Crippen LogP contribution in [0.3, 0.4) is 0 Å². The second-order valence-corrected chi connectivity index (χ2v) is 7.15. The molecule has 6 heteroatoms. The maximum absolute atomic E-state index is 5.43. The number of nitrogens with zero attached hydrogens (tertiary/aromatic N) is 3. The van der Waals surface area contributed by atoms with Crippen LogP contribution in [0, 0.1) is 5.92 Å². The molecular formula is C20H33IN4O. The Bertz CT molecular complexity index is 575. The molecule has 1 fully saturated rings.